The lowest BCUT2D eigenvalue weighted by Gasteiger charge is -2.25. The minimum atomic E-state index is -3.99. The number of anilines is 1. The Balaban J connectivity index is 2.48. The zero-order valence-electron chi connectivity index (χ0n) is 15.4. The van der Waals surface area contributed by atoms with E-state index in [-0.39, 0.29) is 33.2 Å². The standard InChI is InChI=1S/C19H22Cl2N2O3S/c1-4-14(3)22-19(24)12-23(17-10-15(20)9-16(21)11-17)27(25,26)18-7-5-13(2)6-8-18/h5-11,14H,4,12H2,1-3H3,(H,22,24)/t14-/m1/s1. The van der Waals surface area contributed by atoms with Gasteiger partial charge in [0.25, 0.3) is 10.0 Å². The van der Waals surface area contributed by atoms with Gasteiger partial charge in [-0.25, -0.2) is 8.42 Å². The summed E-state index contributed by atoms with van der Waals surface area (Å²) < 4.78 is 27.5. The highest BCUT2D eigenvalue weighted by Gasteiger charge is 2.28. The molecule has 0 bridgehead atoms. The van der Waals surface area contributed by atoms with Gasteiger partial charge in [0.1, 0.15) is 6.54 Å². The number of halogens is 2. The predicted molar refractivity (Wildman–Crippen MR) is 110 cm³/mol. The zero-order chi connectivity index (χ0) is 20.2. The van der Waals surface area contributed by atoms with E-state index in [0.29, 0.717) is 0 Å². The molecule has 27 heavy (non-hydrogen) atoms. The molecule has 0 aliphatic carbocycles. The van der Waals surface area contributed by atoms with E-state index in [1.807, 2.05) is 20.8 Å². The summed E-state index contributed by atoms with van der Waals surface area (Å²) >= 11 is 12.1. The Morgan fingerprint density at radius 3 is 2.19 bits per heavy atom. The molecule has 2 aromatic rings. The third kappa shape index (κ3) is 5.61. The van der Waals surface area contributed by atoms with Crippen LogP contribution in [0.1, 0.15) is 25.8 Å². The highest BCUT2D eigenvalue weighted by Crippen LogP contribution is 2.29. The highest BCUT2D eigenvalue weighted by molar-refractivity contribution is 7.92. The van der Waals surface area contributed by atoms with Crippen molar-refractivity contribution < 1.29 is 13.2 Å². The number of benzene rings is 2. The molecular formula is C19H22Cl2N2O3S. The molecule has 146 valence electrons. The van der Waals surface area contributed by atoms with Crippen molar-refractivity contribution in [2.45, 2.75) is 38.1 Å². The summed E-state index contributed by atoms with van der Waals surface area (Å²) in [5, 5.41) is 3.34. The molecule has 2 aromatic carbocycles. The van der Waals surface area contributed by atoms with Crippen LogP contribution >= 0.6 is 23.2 Å². The lowest BCUT2D eigenvalue weighted by atomic mass is 10.2. The van der Waals surface area contributed by atoms with E-state index in [1.54, 1.807) is 12.1 Å². The smallest absolute Gasteiger partial charge is 0.264 e. The molecule has 0 heterocycles. The van der Waals surface area contributed by atoms with Crippen LogP contribution in [0, 0.1) is 6.92 Å². The van der Waals surface area contributed by atoms with Gasteiger partial charge in [-0.1, -0.05) is 47.8 Å². The van der Waals surface area contributed by atoms with E-state index in [1.165, 1.54) is 30.3 Å². The van der Waals surface area contributed by atoms with E-state index in [9.17, 15) is 13.2 Å². The minimum absolute atomic E-state index is 0.0654. The summed E-state index contributed by atoms with van der Waals surface area (Å²) in [4.78, 5) is 12.5. The van der Waals surface area contributed by atoms with Crippen LogP contribution < -0.4 is 9.62 Å². The SMILES string of the molecule is CC[C@@H](C)NC(=O)CN(c1cc(Cl)cc(Cl)c1)S(=O)(=O)c1ccc(C)cc1. The van der Waals surface area contributed by atoms with Gasteiger partial charge in [-0.15, -0.1) is 0 Å². The maximum Gasteiger partial charge on any atom is 0.264 e. The largest absolute Gasteiger partial charge is 0.352 e. The zero-order valence-corrected chi connectivity index (χ0v) is 17.7. The van der Waals surface area contributed by atoms with Crippen molar-refractivity contribution in [3.63, 3.8) is 0 Å². The first kappa shape index (κ1) is 21.5. The molecule has 1 N–H and O–H groups in total. The van der Waals surface area contributed by atoms with Gasteiger partial charge in [-0.3, -0.25) is 9.10 Å². The Bertz CT molecular complexity index is 895. The summed E-state index contributed by atoms with van der Waals surface area (Å²) in [5.74, 6) is -0.406. The van der Waals surface area contributed by atoms with Gasteiger partial charge in [-0.2, -0.15) is 0 Å². The number of nitrogens with one attached hydrogen (secondary N) is 1. The Morgan fingerprint density at radius 2 is 1.67 bits per heavy atom. The molecule has 0 aliphatic rings. The molecule has 0 spiro atoms. The first-order valence-corrected chi connectivity index (χ1v) is 10.7. The Hall–Kier alpha value is -1.76. The number of amides is 1. The lowest BCUT2D eigenvalue weighted by molar-refractivity contribution is -0.120. The average molecular weight is 429 g/mol. The molecule has 0 aromatic heterocycles. The molecule has 0 unspecified atom stereocenters. The summed E-state index contributed by atoms with van der Waals surface area (Å²) in [6.07, 6.45) is 0.736. The van der Waals surface area contributed by atoms with Crippen LogP contribution in [0.3, 0.4) is 0 Å². The normalized spacial score (nSPS) is 12.5. The summed E-state index contributed by atoms with van der Waals surface area (Å²) in [7, 11) is -3.99. The molecule has 1 amide bonds. The molecular weight excluding hydrogens is 407 g/mol. The van der Waals surface area contributed by atoms with Crippen LogP contribution in [0.15, 0.2) is 47.4 Å². The number of carbonyl (C=O) groups excluding carboxylic acids is 1. The maximum absolute atomic E-state index is 13.2. The van der Waals surface area contributed by atoms with Crippen LogP contribution in [0.5, 0.6) is 0 Å². The molecule has 0 aliphatic heterocycles. The van der Waals surface area contributed by atoms with Gasteiger partial charge in [0, 0.05) is 16.1 Å². The van der Waals surface area contributed by atoms with Gasteiger partial charge < -0.3 is 5.32 Å². The fourth-order valence-electron chi connectivity index (χ4n) is 2.39. The van der Waals surface area contributed by atoms with E-state index in [2.05, 4.69) is 5.32 Å². The number of hydrogen-bond acceptors (Lipinski definition) is 3. The van der Waals surface area contributed by atoms with Crippen molar-refractivity contribution in [2.24, 2.45) is 0 Å². The average Bonchev–Trinajstić information content (AvgIpc) is 2.58. The summed E-state index contributed by atoms with van der Waals surface area (Å²) in [6.45, 7) is 5.27. The Morgan fingerprint density at radius 1 is 1.11 bits per heavy atom. The number of hydrogen-bond donors (Lipinski definition) is 1. The fraction of sp³-hybridized carbons (Fsp3) is 0.316. The van der Waals surface area contributed by atoms with Crippen LogP contribution in [-0.2, 0) is 14.8 Å². The second kappa shape index (κ2) is 8.95. The third-order valence-corrected chi connectivity index (χ3v) is 6.28. The second-order valence-electron chi connectivity index (χ2n) is 6.33. The number of carbonyl (C=O) groups is 1. The van der Waals surface area contributed by atoms with Crippen molar-refractivity contribution in [3.8, 4) is 0 Å². The highest BCUT2D eigenvalue weighted by atomic mass is 35.5. The van der Waals surface area contributed by atoms with Crippen molar-refractivity contribution >= 4 is 44.8 Å². The number of sulfonamides is 1. The van der Waals surface area contributed by atoms with Crippen molar-refractivity contribution in [1.29, 1.82) is 0 Å². The number of aryl methyl sites for hydroxylation is 1. The third-order valence-electron chi connectivity index (χ3n) is 4.05. The molecule has 0 saturated heterocycles. The maximum atomic E-state index is 13.2. The van der Waals surface area contributed by atoms with Crippen LogP contribution in [0.2, 0.25) is 10.0 Å². The topological polar surface area (TPSA) is 66.5 Å². The second-order valence-corrected chi connectivity index (χ2v) is 9.06. The fourth-order valence-corrected chi connectivity index (χ4v) is 4.31. The molecule has 0 saturated carbocycles. The van der Waals surface area contributed by atoms with Gasteiger partial charge in [0.15, 0.2) is 0 Å². The van der Waals surface area contributed by atoms with Gasteiger partial charge >= 0.3 is 0 Å². The van der Waals surface area contributed by atoms with E-state index in [4.69, 9.17) is 23.2 Å². The molecule has 0 radical (unpaired) electrons. The van der Waals surface area contributed by atoms with E-state index in [0.717, 1.165) is 16.3 Å². The van der Waals surface area contributed by atoms with Crippen molar-refractivity contribution in [2.75, 3.05) is 10.8 Å². The Labute approximate surface area is 170 Å². The van der Waals surface area contributed by atoms with Gasteiger partial charge in [0.05, 0.1) is 10.6 Å². The summed E-state index contributed by atoms with van der Waals surface area (Å²) in [6, 6.07) is 10.8. The number of nitrogens with zero attached hydrogens (tertiary/aromatic N) is 1. The molecule has 1 atom stereocenters. The first-order chi connectivity index (χ1) is 12.6. The lowest BCUT2D eigenvalue weighted by Crippen LogP contribution is -2.43. The molecule has 5 nitrogen and oxygen atoms in total. The Kier molecular flexibility index (Phi) is 7.14. The monoisotopic (exact) mass is 428 g/mol. The predicted octanol–water partition coefficient (Wildman–Crippen LogP) is 4.41. The van der Waals surface area contributed by atoms with E-state index < -0.39 is 15.9 Å². The van der Waals surface area contributed by atoms with Gasteiger partial charge in [-0.05, 0) is 50.6 Å². The van der Waals surface area contributed by atoms with E-state index >= 15 is 0 Å². The van der Waals surface area contributed by atoms with Crippen LogP contribution in [0.4, 0.5) is 5.69 Å². The molecule has 0 fully saturated rings. The van der Waals surface area contributed by atoms with Gasteiger partial charge in [0.2, 0.25) is 5.91 Å². The van der Waals surface area contributed by atoms with Crippen LogP contribution in [0.25, 0.3) is 0 Å². The summed E-state index contributed by atoms with van der Waals surface area (Å²) in [5.41, 5.74) is 1.16. The molecule has 8 heteroatoms. The van der Waals surface area contributed by atoms with Crippen molar-refractivity contribution in [3.05, 3.63) is 58.1 Å². The first-order valence-electron chi connectivity index (χ1n) is 8.48. The number of rotatable bonds is 7. The molecule has 2 rings (SSSR count). The van der Waals surface area contributed by atoms with Crippen molar-refractivity contribution in [1.82, 2.24) is 5.32 Å². The quantitative estimate of drug-likeness (QED) is 0.709. The van der Waals surface area contributed by atoms with Crippen LogP contribution in [-0.4, -0.2) is 26.9 Å². The minimum Gasteiger partial charge on any atom is -0.352 e.